The lowest BCUT2D eigenvalue weighted by molar-refractivity contribution is -0.119. The normalized spacial score (nSPS) is 17.4. The van der Waals surface area contributed by atoms with Crippen molar-refractivity contribution in [3.8, 4) is 0 Å². The van der Waals surface area contributed by atoms with E-state index in [0.29, 0.717) is 18.8 Å². The highest BCUT2D eigenvalue weighted by Crippen LogP contribution is 2.14. The number of aromatic carboxylic acids is 1. The summed E-state index contributed by atoms with van der Waals surface area (Å²) in [6.07, 6.45) is 0.727. The Bertz CT molecular complexity index is 556. The monoisotopic (exact) mass is 291 g/mol. The van der Waals surface area contributed by atoms with Crippen LogP contribution in [0.1, 0.15) is 23.7 Å². The number of likely N-dealkylation sites (tertiary alicyclic amines) is 1. The molecule has 1 unspecified atom stereocenters. The molecule has 1 aromatic rings. The maximum atomic E-state index is 12.1. The first-order chi connectivity index (χ1) is 9.95. The fourth-order valence-corrected chi connectivity index (χ4v) is 2.25. The summed E-state index contributed by atoms with van der Waals surface area (Å²) in [5.74, 6) is -1.11. The van der Waals surface area contributed by atoms with Crippen molar-refractivity contribution in [2.24, 2.45) is 0 Å². The molecule has 7 nitrogen and oxygen atoms in total. The number of amides is 3. The van der Waals surface area contributed by atoms with Crippen LogP contribution in [0.25, 0.3) is 0 Å². The number of carboxylic acid groups (broad SMARTS) is 1. The number of carbonyl (C=O) groups is 3. The van der Waals surface area contributed by atoms with Crippen molar-refractivity contribution in [3.05, 3.63) is 29.8 Å². The molecule has 1 saturated heterocycles. The third-order valence-corrected chi connectivity index (χ3v) is 3.27. The van der Waals surface area contributed by atoms with E-state index in [4.69, 9.17) is 5.11 Å². The van der Waals surface area contributed by atoms with Crippen LogP contribution < -0.4 is 10.6 Å². The topological polar surface area (TPSA) is 98.7 Å². The maximum Gasteiger partial charge on any atom is 0.335 e. The molecule has 0 aromatic heterocycles. The molecular formula is C14H17N3O4. The molecule has 1 aliphatic heterocycles. The van der Waals surface area contributed by atoms with E-state index in [1.165, 1.54) is 19.1 Å². The first kappa shape index (κ1) is 14.8. The molecule has 0 saturated carbocycles. The van der Waals surface area contributed by atoms with Crippen LogP contribution >= 0.6 is 0 Å². The number of benzene rings is 1. The summed E-state index contributed by atoms with van der Waals surface area (Å²) >= 11 is 0. The van der Waals surface area contributed by atoms with E-state index in [1.54, 1.807) is 17.0 Å². The van der Waals surface area contributed by atoms with Crippen LogP contribution in [0, 0.1) is 0 Å². The van der Waals surface area contributed by atoms with Gasteiger partial charge in [0.2, 0.25) is 5.91 Å². The summed E-state index contributed by atoms with van der Waals surface area (Å²) in [6, 6.07) is 5.68. The molecule has 0 radical (unpaired) electrons. The molecule has 3 N–H and O–H groups in total. The van der Waals surface area contributed by atoms with E-state index in [1.807, 2.05) is 0 Å². The second-order valence-electron chi connectivity index (χ2n) is 4.94. The van der Waals surface area contributed by atoms with Gasteiger partial charge >= 0.3 is 12.0 Å². The highest BCUT2D eigenvalue weighted by Gasteiger charge is 2.26. The molecule has 0 bridgehead atoms. The molecule has 1 aliphatic rings. The zero-order valence-electron chi connectivity index (χ0n) is 11.6. The third kappa shape index (κ3) is 3.95. The fourth-order valence-electron chi connectivity index (χ4n) is 2.25. The van der Waals surface area contributed by atoms with Gasteiger partial charge in [-0.2, -0.15) is 0 Å². The third-order valence-electron chi connectivity index (χ3n) is 3.27. The van der Waals surface area contributed by atoms with Gasteiger partial charge in [0.1, 0.15) is 0 Å². The number of nitrogens with one attached hydrogen (secondary N) is 2. The van der Waals surface area contributed by atoms with Crippen molar-refractivity contribution >= 4 is 23.6 Å². The molecule has 7 heteroatoms. The van der Waals surface area contributed by atoms with Crippen molar-refractivity contribution in [2.75, 3.05) is 18.4 Å². The Labute approximate surface area is 121 Å². The van der Waals surface area contributed by atoms with Crippen LogP contribution in [-0.4, -0.2) is 47.0 Å². The molecule has 1 heterocycles. The van der Waals surface area contributed by atoms with Gasteiger partial charge in [-0.05, 0) is 30.7 Å². The van der Waals surface area contributed by atoms with Crippen molar-refractivity contribution in [2.45, 2.75) is 19.4 Å². The zero-order valence-corrected chi connectivity index (χ0v) is 11.6. The molecule has 1 fully saturated rings. The van der Waals surface area contributed by atoms with Crippen LogP contribution in [-0.2, 0) is 4.79 Å². The largest absolute Gasteiger partial charge is 0.478 e. The molecule has 2 rings (SSSR count). The molecule has 0 spiro atoms. The fraction of sp³-hybridized carbons (Fsp3) is 0.357. The van der Waals surface area contributed by atoms with Gasteiger partial charge in [0.15, 0.2) is 0 Å². The van der Waals surface area contributed by atoms with Crippen LogP contribution in [0.4, 0.5) is 10.5 Å². The van der Waals surface area contributed by atoms with Gasteiger partial charge < -0.3 is 20.6 Å². The number of carboxylic acids is 1. The van der Waals surface area contributed by atoms with Crippen molar-refractivity contribution < 1.29 is 19.5 Å². The number of hydrogen-bond acceptors (Lipinski definition) is 3. The predicted octanol–water partition coefficient (Wildman–Crippen LogP) is 1.13. The Kier molecular flexibility index (Phi) is 4.42. The molecule has 3 amide bonds. The molecule has 21 heavy (non-hydrogen) atoms. The minimum absolute atomic E-state index is 0.0114. The minimum Gasteiger partial charge on any atom is -0.478 e. The first-order valence-corrected chi connectivity index (χ1v) is 6.62. The van der Waals surface area contributed by atoms with E-state index in [0.717, 1.165) is 6.42 Å². The van der Waals surface area contributed by atoms with Crippen molar-refractivity contribution in [3.63, 3.8) is 0 Å². The minimum atomic E-state index is -1.01. The van der Waals surface area contributed by atoms with E-state index in [9.17, 15) is 14.4 Å². The van der Waals surface area contributed by atoms with Gasteiger partial charge in [-0.1, -0.05) is 0 Å². The predicted molar refractivity (Wildman–Crippen MR) is 76.2 cm³/mol. The summed E-state index contributed by atoms with van der Waals surface area (Å²) < 4.78 is 0. The Balaban J connectivity index is 1.90. The Hall–Kier alpha value is -2.57. The highest BCUT2D eigenvalue weighted by atomic mass is 16.4. The van der Waals surface area contributed by atoms with E-state index in [-0.39, 0.29) is 23.5 Å². The quantitative estimate of drug-likeness (QED) is 0.777. The summed E-state index contributed by atoms with van der Waals surface area (Å²) in [5.41, 5.74) is 0.702. The Morgan fingerprint density at radius 1 is 1.24 bits per heavy atom. The van der Waals surface area contributed by atoms with E-state index < -0.39 is 5.97 Å². The SMILES string of the molecule is CC(=O)NC1CCN(C(=O)Nc2ccc(C(=O)O)cc2)C1. The van der Waals surface area contributed by atoms with Crippen LogP contribution in [0.5, 0.6) is 0 Å². The van der Waals surface area contributed by atoms with Gasteiger partial charge in [0.05, 0.1) is 5.56 Å². The van der Waals surface area contributed by atoms with E-state index >= 15 is 0 Å². The summed E-state index contributed by atoms with van der Waals surface area (Å²) in [7, 11) is 0. The lowest BCUT2D eigenvalue weighted by Gasteiger charge is -2.17. The lowest BCUT2D eigenvalue weighted by atomic mass is 10.2. The summed E-state index contributed by atoms with van der Waals surface area (Å²) in [4.78, 5) is 35.4. The zero-order chi connectivity index (χ0) is 15.4. The number of anilines is 1. The number of urea groups is 1. The summed E-state index contributed by atoms with van der Waals surface area (Å²) in [5, 5.41) is 14.3. The van der Waals surface area contributed by atoms with Gasteiger partial charge in [0.25, 0.3) is 0 Å². The number of hydrogen-bond donors (Lipinski definition) is 3. The molecular weight excluding hydrogens is 274 g/mol. The van der Waals surface area contributed by atoms with Crippen LogP contribution in [0.2, 0.25) is 0 Å². The van der Waals surface area contributed by atoms with Gasteiger partial charge in [-0.3, -0.25) is 4.79 Å². The average Bonchev–Trinajstić information content (AvgIpc) is 2.87. The van der Waals surface area contributed by atoms with Gasteiger partial charge in [-0.15, -0.1) is 0 Å². The second kappa shape index (κ2) is 6.25. The molecule has 1 aromatic carbocycles. The second-order valence-corrected chi connectivity index (χ2v) is 4.94. The number of carbonyl (C=O) groups excluding carboxylic acids is 2. The number of rotatable bonds is 3. The first-order valence-electron chi connectivity index (χ1n) is 6.62. The molecule has 1 atom stereocenters. The Morgan fingerprint density at radius 3 is 2.48 bits per heavy atom. The average molecular weight is 291 g/mol. The lowest BCUT2D eigenvalue weighted by Crippen LogP contribution is -2.38. The smallest absolute Gasteiger partial charge is 0.335 e. The van der Waals surface area contributed by atoms with Crippen molar-refractivity contribution in [1.82, 2.24) is 10.2 Å². The highest BCUT2D eigenvalue weighted by molar-refractivity contribution is 5.91. The van der Waals surface area contributed by atoms with Gasteiger partial charge in [-0.25, -0.2) is 9.59 Å². The Morgan fingerprint density at radius 2 is 1.90 bits per heavy atom. The van der Waals surface area contributed by atoms with Crippen molar-refractivity contribution in [1.29, 1.82) is 0 Å². The van der Waals surface area contributed by atoms with Crippen LogP contribution in [0.3, 0.4) is 0 Å². The standard InChI is InChI=1S/C14H17N3O4/c1-9(18)15-12-6-7-17(8-12)14(21)16-11-4-2-10(3-5-11)13(19)20/h2-5,12H,6-8H2,1H3,(H,15,18)(H,16,21)(H,19,20). The number of nitrogens with zero attached hydrogens (tertiary/aromatic N) is 1. The molecule has 0 aliphatic carbocycles. The van der Waals surface area contributed by atoms with Crippen LogP contribution in [0.15, 0.2) is 24.3 Å². The van der Waals surface area contributed by atoms with E-state index in [2.05, 4.69) is 10.6 Å². The maximum absolute atomic E-state index is 12.1. The molecule has 112 valence electrons. The van der Waals surface area contributed by atoms with Gasteiger partial charge in [0, 0.05) is 31.7 Å². The summed E-state index contributed by atoms with van der Waals surface area (Å²) in [6.45, 7) is 2.50.